The highest BCUT2D eigenvalue weighted by atomic mass is 35.5. The summed E-state index contributed by atoms with van der Waals surface area (Å²) in [7, 11) is 3.07. The third-order valence-electron chi connectivity index (χ3n) is 3.69. The Hall–Kier alpha value is -3.06. The maximum absolute atomic E-state index is 12.4. The molecule has 7 nitrogen and oxygen atoms in total. The molecule has 1 N–H and O–H groups in total. The van der Waals surface area contributed by atoms with Gasteiger partial charge in [0.2, 0.25) is 5.89 Å². The van der Waals surface area contributed by atoms with Gasteiger partial charge in [-0.05, 0) is 42.8 Å². The molecule has 0 unspecified atom stereocenters. The molecule has 0 fully saturated rings. The van der Waals surface area contributed by atoms with Gasteiger partial charge in [-0.25, -0.2) is 0 Å². The second-order valence-corrected chi connectivity index (χ2v) is 5.80. The summed E-state index contributed by atoms with van der Waals surface area (Å²) >= 11 is 6.07. The van der Waals surface area contributed by atoms with Gasteiger partial charge in [0.25, 0.3) is 0 Å². The Labute approximate surface area is 154 Å². The first-order valence-corrected chi connectivity index (χ1v) is 8.03. The van der Waals surface area contributed by atoms with Gasteiger partial charge < -0.3 is 19.2 Å². The van der Waals surface area contributed by atoms with Crippen LogP contribution in [0, 0.1) is 6.92 Å². The molecular formula is C18H16ClN3O4. The maximum Gasteiger partial charge on any atom is 0.313 e. The van der Waals surface area contributed by atoms with Crippen LogP contribution in [-0.4, -0.2) is 30.3 Å². The topological polar surface area (TPSA) is 86.5 Å². The van der Waals surface area contributed by atoms with E-state index in [0.717, 1.165) is 5.56 Å². The van der Waals surface area contributed by atoms with E-state index in [0.29, 0.717) is 27.8 Å². The number of nitrogens with zero attached hydrogens (tertiary/aromatic N) is 2. The minimum atomic E-state index is -0.544. The Bertz CT molecular complexity index is 938. The molecule has 1 aromatic heterocycles. The molecular weight excluding hydrogens is 358 g/mol. The van der Waals surface area contributed by atoms with Crippen molar-refractivity contribution in [3.05, 3.63) is 52.9 Å². The number of nitrogens with one attached hydrogen (secondary N) is 1. The van der Waals surface area contributed by atoms with E-state index in [4.69, 9.17) is 25.5 Å². The summed E-state index contributed by atoms with van der Waals surface area (Å²) in [6.45, 7) is 1.83. The van der Waals surface area contributed by atoms with E-state index in [1.165, 1.54) is 7.11 Å². The van der Waals surface area contributed by atoms with Gasteiger partial charge in [-0.3, -0.25) is 4.79 Å². The molecule has 0 spiro atoms. The van der Waals surface area contributed by atoms with Crippen LogP contribution >= 0.6 is 11.6 Å². The SMILES string of the molecule is COc1ccc(-c2nnc(C(=O)Nc3cc(C)c(Cl)cc3OC)o2)cc1. The number of carbonyl (C=O) groups is 1. The highest BCUT2D eigenvalue weighted by Gasteiger charge is 2.18. The van der Waals surface area contributed by atoms with E-state index in [2.05, 4.69) is 15.5 Å². The van der Waals surface area contributed by atoms with Gasteiger partial charge in [0.1, 0.15) is 11.5 Å². The van der Waals surface area contributed by atoms with Crippen LogP contribution in [-0.2, 0) is 0 Å². The van der Waals surface area contributed by atoms with E-state index < -0.39 is 5.91 Å². The number of methoxy groups -OCH3 is 2. The zero-order valence-electron chi connectivity index (χ0n) is 14.4. The number of rotatable bonds is 5. The summed E-state index contributed by atoms with van der Waals surface area (Å²) in [5.74, 6) is 0.667. The van der Waals surface area contributed by atoms with Crippen molar-refractivity contribution in [2.45, 2.75) is 6.92 Å². The summed E-state index contributed by atoms with van der Waals surface area (Å²) in [5.41, 5.74) is 1.94. The first-order valence-electron chi connectivity index (χ1n) is 7.65. The highest BCUT2D eigenvalue weighted by molar-refractivity contribution is 6.31. The number of hydrogen-bond acceptors (Lipinski definition) is 6. The number of carbonyl (C=O) groups excluding carboxylic acids is 1. The number of aromatic nitrogens is 2. The van der Waals surface area contributed by atoms with Crippen molar-refractivity contribution in [1.82, 2.24) is 10.2 Å². The lowest BCUT2D eigenvalue weighted by atomic mass is 10.2. The molecule has 0 aliphatic carbocycles. The first kappa shape index (κ1) is 17.8. The average Bonchev–Trinajstić information content (AvgIpc) is 3.15. The van der Waals surface area contributed by atoms with E-state index in [1.807, 2.05) is 6.92 Å². The Kier molecular flexibility index (Phi) is 5.09. The Morgan fingerprint density at radius 3 is 2.50 bits per heavy atom. The largest absolute Gasteiger partial charge is 0.497 e. The molecule has 1 heterocycles. The van der Waals surface area contributed by atoms with Crippen molar-refractivity contribution < 1.29 is 18.7 Å². The minimum absolute atomic E-state index is 0.162. The highest BCUT2D eigenvalue weighted by Crippen LogP contribution is 2.31. The van der Waals surface area contributed by atoms with Gasteiger partial charge >= 0.3 is 11.8 Å². The van der Waals surface area contributed by atoms with Crippen molar-refractivity contribution in [2.75, 3.05) is 19.5 Å². The van der Waals surface area contributed by atoms with Gasteiger partial charge in [-0.1, -0.05) is 11.6 Å². The zero-order valence-corrected chi connectivity index (χ0v) is 15.1. The maximum atomic E-state index is 12.4. The second kappa shape index (κ2) is 7.45. The van der Waals surface area contributed by atoms with Crippen molar-refractivity contribution >= 4 is 23.2 Å². The van der Waals surface area contributed by atoms with Crippen molar-refractivity contribution in [1.29, 1.82) is 0 Å². The molecule has 2 aromatic carbocycles. The summed E-state index contributed by atoms with van der Waals surface area (Å²) in [4.78, 5) is 12.4. The summed E-state index contributed by atoms with van der Waals surface area (Å²) in [6.07, 6.45) is 0. The molecule has 26 heavy (non-hydrogen) atoms. The molecule has 8 heteroatoms. The van der Waals surface area contributed by atoms with E-state index in [-0.39, 0.29) is 11.8 Å². The van der Waals surface area contributed by atoms with Crippen molar-refractivity contribution in [3.8, 4) is 23.0 Å². The van der Waals surface area contributed by atoms with E-state index in [1.54, 1.807) is 43.5 Å². The number of aryl methyl sites for hydroxylation is 1. The fourth-order valence-corrected chi connectivity index (χ4v) is 2.42. The van der Waals surface area contributed by atoms with Crippen LogP contribution in [0.25, 0.3) is 11.5 Å². The lowest BCUT2D eigenvalue weighted by molar-refractivity contribution is 0.0990. The van der Waals surface area contributed by atoms with Gasteiger partial charge in [0, 0.05) is 16.7 Å². The Morgan fingerprint density at radius 2 is 1.85 bits per heavy atom. The third kappa shape index (κ3) is 3.62. The lowest BCUT2D eigenvalue weighted by Gasteiger charge is -2.11. The van der Waals surface area contributed by atoms with Crippen LogP contribution in [0.3, 0.4) is 0 Å². The van der Waals surface area contributed by atoms with Crippen LogP contribution in [0.5, 0.6) is 11.5 Å². The van der Waals surface area contributed by atoms with Crippen LogP contribution in [0.4, 0.5) is 5.69 Å². The van der Waals surface area contributed by atoms with Gasteiger partial charge in [-0.2, -0.15) is 0 Å². The van der Waals surface area contributed by atoms with E-state index in [9.17, 15) is 4.79 Å². The third-order valence-corrected chi connectivity index (χ3v) is 4.09. The standard InChI is InChI=1S/C18H16ClN3O4/c1-10-8-14(15(25-3)9-13(10)19)20-16(23)18-22-21-17(26-18)11-4-6-12(24-2)7-5-11/h4-9H,1-3H3,(H,20,23). The quantitative estimate of drug-likeness (QED) is 0.728. The fraction of sp³-hybridized carbons (Fsp3) is 0.167. The normalized spacial score (nSPS) is 10.5. The molecule has 0 saturated carbocycles. The Morgan fingerprint density at radius 1 is 1.12 bits per heavy atom. The second-order valence-electron chi connectivity index (χ2n) is 5.40. The molecule has 0 aliphatic heterocycles. The summed E-state index contributed by atoms with van der Waals surface area (Å²) in [6, 6.07) is 10.4. The summed E-state index contributed by atoms with van der Waals surface area (Å²) in [5, 5.41) is 10.9. The molecule has 0 saturated heterocycles. The van der Waals surface area contributed by atoms with Gasteiger partial charge in [0.15, 0.2) is 0 Å². The number of halogens is 1. The predicted molar refractivity (Wildman–Crippen MR) is 97.0 cm³/mol. The molecule has 0 aliphatic rings. The number of amides is 1. The smallest absolute Gasteiger partial charge is 0.313 e. The van der Waals surface area contributed by atoms with Crippen LogP contribution in [0.1, 0.15) is 16.2 Å². The van der Waals surface area contributed by atoms with Gasteiger partial charge in [-0.15, -0.1) is 10.2 Å². The van der Waals surface area contributed by atoms with Crippen molar-refractivity contribution in [3.63, 3.8) is 0 Å². The van der Waals surface area contributed by atoms with Crippen LogP contribution in [0.15, 0.2) is 40.8 Å². The van der Waals surface area contributed by atoms with Crippen LogP contribution in [0.2, 0.25) is 5.02 Å². The molecule has 1 amide bonds. The number of ether oxygens (including phenoxy) is 2. The molecule has 3 rings (SSSR count). The summed E-state index contributed by atoms with van der Waals surface area (Å²) < 4.78 is 15.8. The predicted octanol–water partition coefficient (Wildman–Crippen LogP) is 3.97. The average molecular weight is 374 g/mol. The number of benzene rings is 2. The molecule has 0 bridgehead atoms. The van der Waals surface area contributed by atoms with E-state index >= 15 is 0 Å². The molecule has 0 atom stereocenters. The first-order chi connectivity index (χ1) is 12.5. The van der Waals surface area contributed by atoms with Crippen molar-refractivity contribution in [2.24, 2.45) is 0 Å². The molecule has 134 valence electrons. The minimum Gasteiger partial charge on any atom is -0.497 e. The van der Waals surface area contributed by atoms with Crippen LogP contribution < -0.4 is 14.8 Å². The Balaban J connectivity index is 1.81. The zero-order chi connectivity index (χ0) is 18.7. The molecule has 0 radical (unpaired) electrons. The monoisotopic (exact) mass is 373 g/mol. The number of hydrogen-bond donors (Lipinski definition) is 1. The molecule has 3 aromatic rings. The van der Waals surface area contributed by atoms with Gasteiger partial charge in [0.05, 0.1) is 19.9 Å². The lowest BCUT2D eigenvalue weighted by Crippen LogP contribution is -2.13. The number of anilines is 1. The fourth-order valence-electron chi connectivity index (χ4n) is 2.27.